The highest BCUT2D eigenvalue weighted by Crippen LogP contribution is 2.20. The first kappa shape index (κ1) is 15.5. The van der Waals surface area contributed by atoms with Crippen molar-refractivity contribution in [2.24, 2.45) is 5.14 Å². The van der Waals surface area contributed by atoms with Gasteiger partial charge in [0.25, 0.3) is 0 Å². The number of nitrogens with two attached hydrogens (primary N) is 1. The summed E-state index contributed by atoms with van der Waals surface area (Å²) in [6, 6.07) is 9.90. The minimum absolute atomic E-state index is 0.0857. The molecule has 21 heavy (non-hydrogen) atoms. The highest BCUT2D eigenvalue weighted by atomic mass is 32.2. The fraction of sp³-hybridized carbons (Fsp3) is 0.200. The van der Waals surface area contributed by atoms with Crippen LogP contribution in [0.1, 0.15) is 16.7 Å². The summed E-state index contributed by atoms with van der Waals surface area (Å²) in [5.41, 5.74) is 2.57. The van der Waals surface area contributed by atoms with E-state index >= 15 is 0 Å². The number of benzene rings is 2. The number of halogens is 1. The van der Waals surface area contributed by atoms with Crippen LogP contribution in [0.2, 0.25) is 0 Å². The molecule has 0 bridgehead atoms. The molecule has 0 atom stereocenters. The van der Waals surface area contributed by atoms with Crippen LogP contribution in [0.5, 0.6) is 0 Å². The summed E-state index contributed by atoms with van der Waals surface area (Å²) in [5.74, 6) is -0.261. The number of hydrogen-bond acceptors (Lipinski definition) is 3. The normalized spacial score (nSPS) is 11.4. The highest BCUT2D eigenvalue weighted by Gasteiger charge is 2.12. The van der Waals surface area contributed by atoms with Gasteiger partial charge in [-0.2, -0.15) is 0 Å². The molecule has 2 aromatic carbocycles. The monoisotopic (exact) mass is 308 g/mol. The van der Waals surface area contributed by atoms with E-state index < -0.39 is 10.0 Å². The van der Waals surface area contributed by atoms with Crippen molar-refractivity contribution in [3.8, 4) is 0 Å². The number of anilines is 1. The molecule has 0 aliphatic heterocycles. The standard InChI is InChI=1S/C15H17FN2O2S/c1-10-3-5-12(7-14(10)16)9-18-13-6-4-11(2)15(8-13)21(17,19)20/h3-8,18H,9H2,1-2H3,(H2,17,19,20). The minimum atomic E-state index is -3.75. The van der Waals surface area contributed by atoms with E-state index in [0.29, 0.717) is 23.4 Å². The van der Waals surface area contributed by atoms with Gasteiger partial charge in [-0.25, -0.2) is 17.9 Å². The number of hydrogen-bond donors (Lipinski definition) is 2. The lowest BCUT2D eigenvalue weighted by molar-refractivity contribution is 0.597. The smallest absolute Gasteiger partial charge is 0.238 e. The van der Waals surface area contributed by atoms with E-state index in [1.54, 1.807) is 32.0 Å². The second-order valence-corrected chi connectivity index (χ2v) is 6.49. The molecule has 0 saturated carbocycles. The van der Waals surface area contributed by atoms with Gasteiger partial charge in [0.05, 0.1) is 4.90 Å². The fourth-order valence-electron chi connectivity index (χ4n) is 1.97. The Hall–Kier alpha value is -1.92. The molecule has 0 aliphatic rings. The first-order valence-electron chi connectivity index (χ1n) is 6.40. The van der Waals surface area contributed by atoms with Gasteiger partial charge < -0.3 is 5.32 Å². The Bertz CT molecular complexity index is 773. The van der Waals surface area contributed by atoms with Crippen LogP contribution < -0.4 is 10.5 Å². The van der Waals surface area contributed by atoms with Gasteiger partial charge in [-0.3, -0.25) is 0 Å². The number of rotatable bonds is 4. The lowest BCUT2D eigenvalue weighted by Gasteiger charge is -2.10. The molecule has 0 heterocycles. The van der Waals surface area contributed by atoms with E-state index in [2.05, 4.69) is 5.32 Å². The average Bonchev–Trinajstić information content (AvgIpc) is 2.40. The van der Waals surface area contributed by atoms with Gasteiger partial charge in [-0.05, 0) is 48.7 Å². The molecular weight excluding hydrogens is 291 g/mol. The SMILES string of the molecule is Cc1ccc(CNc2ccc(C)c(S(N)(=O)=O)c2)cc1F. The summed E-state index contributed by atoms with van der Waals surface area (Å²) >= 11 is 0. The van der Waals surface area contributed by atoms with Crippen LogP contribution in [-0.2, 0) is 16.6 Å². The van der Waals surface area contributed by atoms with E-state index in [4.69, 9.17) is 5.14 Å². The zero-order valence-corrected chi connectivity index (χ0v) is 12.7. The Morgan fingerprint density at radius 1 is 1.10 bits per heavy atom. The first-order chi connectivity index (χ1) is 9.77. The predicted octanol–water partition coefficient (Wildman–Crippen LogP) is 2.70. The van der Waals surface area contributed by atoms with Crippen molar-refractivity contribution >= 4 is 15.7 Å². The molecule has 4 nitrogen and oxygen atoms in total. The summed E-state index contributed by atoms with van der Waals surface area (Å²) in [6.45, 7) is 3.77. The summed E-state index contributed by atoms with van der Waals surface area (Å²) < 4.78 is 36.4. The molecule has 2 aromatic rings. The zero-order chi connectivity index (χ0) is 15.6. The second-order valence-electron chi connectivity index (χ2n) is 4.96. The van der Waals surface area contributed by atoms with Crippen molar-refractivity contribution in [1.82, 2.24) is 0 Å². The zero-order valence-electron chi connectivity index (χ0n) is 11.9. The van der Waals surface area contributed by atoms with E-state index in [0.717, 1.165) is 5.56 Å². The van der Waals surface area contributed by atoms with Crippen LogP contribution in [0.25, 0.3) is 0 Å². The van der Waals surface area contributed by atoms with Crippen molar-refractivity contribution in [3.05, 3.63) is 58.9 Å². The van der Waals surface area contributed by atoms with Crippen LogP contribution in [0.15, 0.2) is 41.3 Å². The Labute approximate surface area is 123 Å². The van der Waals surface area contributed by atoms with E-state index in [1.807, 2.05) is 6.07 Å². The Morgan fingerprint density at radius 2 is 1.76 bits per heavy atom. The van der Waals surface area contributed by atoms with Crippen LogP contribution in [0.4, 0.5) is 10.1 Å². The van der Waals surface area contributed by atoms with Gasteiger partial charge in [-0.15, -0.1) is 0 Å². The largest absolute Gasteiger partial charge is 0.381 e. The van der Waals surface area contributed by atoms with Crippen LogP contribution in [-0.4, -0.2) is 8.42 Å². The maximum atomic E-state index is 13.5. The number of sulfonamides is 1. The Kier molecular flexibility index (Phi) is 4.29. The molecule has 6 heteroatoms. The van der Waals surface area contributed by atoms with E-state index in [9.17, 15) is 12.8 Å². The molecule has 0 aromatic heterocycles. The topological polar surface area (TPSA) is 72.2 Å². The van der Waals surface area contributed by atoms with Gasteiger partial charge in [0.1, 0.15) is 5.82 Å². The molecule has 0 saturated heterocycles. The van der Waals surface area contributed by atoms with Gasteiger partial charge in [0.2, 0.25) is 10.0 Å². The number of aryl methyl sites for hydroxylation is 2. The van der Waals surface area contributed by atoms with Gasteiger partial charge in [0.15, 0.2) is 0 Å². The lowest BCUT2D eigenvalue weighted by atomic mass is 10.1. The Balaban J connectivity index is 2.19. The van der Waals surface area contributed by atoms with Gasteiger partial charge in [-0.1, -0.05) is 18.2 Å². The van der Waals surface area contributed by atoms with Crippen LogP contribution in [0, 0.1) is 19.7 Å². The molecule has 0 spiro atoms. The lowest BCUT2D eigenvalue weighted by Crippen LogP contribution is -2.14. The third-order valence-corrected chi connectivity index (χ3v) is 4.28. The molecule has 0 amide bonds. The molecule has 2 rings (SSSR count). The quantitative estimate of drug-likeness (QED) is 0.912. The van der Waals surface area contributed by atoms with Gasteiger partial charge in [0, 0.05) is 12.2 Å². The maximum Gasteiger partial charge on any atom is 0.238 e. The average molecular weight is 308 g/mol. The van der Waals surface area contributed by atoms with E-state index in [1.165, 1.54) is 12.1 Å². The fourth-order valence-corrected chi connectivity index (χ4v) is 2.78. The summed E-state index contributed by atoms with van der Waals surface area (Å²) in [4.78, 5) is 0.0857. The minimum Gasteiger partial charge on any atom is -0.381 e. The third kappa shape index (κ3) is 3.80. The number of primary sulfonamides is 1. The highest BCUT2D eigenvalue weighted by molar-refractivity contribution is 7.89. The maximum absolute atomic E-state index is 13.5. The molecule has 0 fully saturated rings. The van der Waals surface area contributed by atoms with Crippen LogP contribution >= 0.6 is 0 Å². The molecule has 0 aliphatic carbocycles. The van der Waals surface area contributed by atoms with Crippen molar-refractivity contribution in [2.75, 3.05) is 5.32 Å². The Morgan fingerprint density at radius 3 is 2.38 bits per heavy atom. The molecule has 3 N–H and O–H groups in total. The van der Waals surface area contributed by atoms with Crippen molar-refractivity contribution < 1.29 is 12.8 Å². The predicted molar refractivity (Wildman–Crippen MR) is 81.0 cm³/mol. The molecule has 0 radical (unpaired) electrons. The van der Waals surface area contributed by atoms with Gasteiger partial charge >= 0.3 is 0 Å². The third-order valence-electron chi connectivity index (χ3n) is 3.23. The second kappa shape index (κ2) is 5.83. The number of nitrogens with one attached hydrogen (secondary N) is 1. The van der Waals surface area contributed by atoms with Crippen molar-refractivity contribution in [3.63, 3.8) is 0 Å². The van der Waals surface area contributed by atoms with Crippen LogP contribution in [0.3, 0.4) is 0 Å². The molecule has 112 valence electrons. The molecule has 0 unspecified atom stereocenters. The molecular formula is C15H17FN2O2S. The first-order valence-corrected chi connectivity index (χ1v) is 7.94. The van der Waals surface area contributed by atoms with E-state index in [-0.39, 0.29) is 10.7 Å². The summed E-state index contributed by atoms with van der Waals surface area (Å²) in [6.07, 6.45) is 0. The summed E-state index contributed by atoms with van der Waals surface area (Å²) in [7, 11) is -3.75. The van der Waals surface area contributed by atoms with Crippen molar-refractivity contribution in [1.29, 1.82) is 0 Å². The van der Waals surface area contributed by atoms with Crippen molar-refractivity contribution in [2.45, 2.75) is 25.3 Å². The summed E-state index contributed by atoms with van der Waals surface area (Å²) in [5, 5.41) is 8.23.